The summed E-state index contributed by atoms with van der Waals surface area (Å²) in [6.07, 6.45) is 0.957. The van der Waals surface area contributed by atoms with Crippen LogP contribution < -0.4 is 5.32 Å². The fourth-order valence-electron chi connectivity index (χ4n) is 2.45. The Hall–Kier alpha value is -2.92. The van der Waals surface area contributed by atoms with Gasteiger partial charge >= 0.3 is 0 Å². The molecule has 1 unspecified atom stereocenters. The Labute approximate surface area is 146 Å². The number of benzene rings is 2. The van der Waals surface area contributed by atoms with Crippen molar-refractivity contribution in [2.45, 2.75) is 19.4 Å². The molecule has 128 valence electrons. The molecule has 2 aromatic carbocycles. The van der Waals surface area contributed by atoms with Crippen LogP contribution >= 0.6 is 0 Å². The van der Waals surface area contributed by atoms with Crippen LogP contribution in [0.5, 0.6) is 0 Å². The Balaban J connectivity index is 1.52. The Morgan fingerprint density at radius 2 is 1.88 bits per heavy atom. The highest BCUT2D eigenvalue weighted by atomic mass is 16.3. The molecule has 3 aromatic rings. The zero-order chi connectivity index (χ0) is 17.6. The lowest BCUT2D eigenvalue weighted by atomic mass is 10.1. The molecular formula is C20H20N2O3. The van der Waals surface area contributed by atoms with Gasteiger partial charge in [0, 0.05) is 18.5 Å². The summed E-state index contributed by atoms with van der Waals surface area (Å²) < 4.78 is 5.49. The van der Waals surface area contributed by atoms with Gasteiger partial charge in [0.25, 0.3) is 5.91 Å². The van der Waals surface area contributed by atoms with Gasteiger partial charge in [-0.3, -0.25) is 4.79 Å². The van der Waals surface area contributed by atoms with E-state index in [1.54, 1.807) is 30.5 Å². The van der Waals surface area contributed by atoms with Crippen molar-refractivity contribution in [1.82, 2.24) is 10.3 Å². The molecule has 0 saturated heterocycles. The van der Waals surface area contributed by atoms with Gasteiger partial charge in [0.05, 0.1) is 5.69 Å². The van der Waals surface area contributed by atoms with Crippen LogP contribution in [-0.4, -0.2) is 22.5 Å². The van der Waals surface area contributed by atoms with Crippen molar-refractivity contribution in [3.05, 3.63) is 77.7 Å². The number of rotatable bonds is 6. The van der Waals surface area contributed by atoms with E-state index in [9.17, 15) is 9.90 Å². The molecule has 1 atom stereocenters. The Kier molecular flexibility index (Phi) is 5.26. The van der Waals surface area contributed by atoms with E-state index >= 15 is 0 Å². The highest BCUT2D eigenvalue weighted by Crippen LogP contribution is 2.19. The molecule has 2 N–H and O–H groups in total. The minimum atomic E-state index is -1.17. The Morgan fingerprint density at radius 1 is 1.16 bits per heavy atom. The van der Waals surface area contributed by atoms with E-state index in [1.807, 2.05) is 37.3 Å². The fraction of sp³-hybridized carbons (Fsp3) is 0.200. The third kappa shape index (κ3) is 4.33. The lowest BCUT2D eigenvalue weighted by molar-refractivity contribution is -0.129. The van der Waals surface area contributed by atoms with Crippen molar-refractivity contribution in [2.75, 3.05) is 6.54 Å². The van der Waals surface area contributed by atoms with Gasteiger partial charge in [0.1, 0.15) is 6.26 Å². The van der Waals surface area contributed by atoms with Gasteiger partial charge in [-0.15, -0.1) is 0 Å². The van der Waals surface area contributed by atoms with E-state index < -0.39 is 12.0 Å². The number of aromatic nitrogens is 1. The summed E-state index contributed by atoms with van der Waals surface area (Å²) in [7, 11) is 0. The van der Waals surface area contributed by atoms with Crippen LogP contribution in [0.4, 0.5) is 0 Å². The summed E-state index contributed by atoms with van der Waals surface area (Å²) in [6, 6.07) is 16.8. The van der Waals surface area contributed by atoms with E-state index in [1.165, 1.54) is 5.56 Å². The number of nitrogens with one attached hydrogen (secondary N) is 1. The van der Waals surface area contributed by atoms with E-state index in [4.69, 9.17) is 4.42 Å². The molecule has 0 radical (unpaired) electrons. The maximum atomic E-state index is 12.0. The standard InChI is InChI=1S/C20H20N2O3/c1-14-7-9-16(10-8-14)20-22-17(13-25-20)11-12-21-19(24)18(23)15-5-3-2-4-6-15/h2-10,13,18,23H,11-12H2,1H3,(H,21,24). The second-order valence-electron chi connectivity index (χ2n) is 5.86. The number of hydrogen-bond acceptors (Lipinski definition) is 4. The van der Waals surface area contributed by atoms with Crippen LogP contribution in [0.3, 0.4) is 0 Å². The fourth-order valence-corrected chi connectivity index (χ4v) is 2.45. The lowest BCUT2D eigenvalue weighted by Crippen LogP contribution is -2.31. The quantitative estimate of drug-likeness (QED) is 0.725. The van der Waals surface area contributed by atoms with Crippen LogP contribution in [0.15, 0.2) is 65.3 Å². The summed E-state index contributed by atoms with van der Waals surface area (Å²) in [6.45, 7) is 2.40. The number of carbonyl (C=O) groups is 1. The third-order valence-electron chi connectivity index (χ3n) is 3.89. The van der Waals surface area contributed by atoms with Crippen molar-refractivity contribution < 1.29 is 14.3 Å². The van der Waals surface area contributed by atoms with Gasteiger partial charge in [-0.25, -0.2) is 4.98 Å². The zero-order valence-corrected chi connectivity index (χ0v) is 14.0. The SMILES string of the molecule is Cc1ccc(-c2nc(CCNC(=O)C(O)c3ccccc3)co2)cc1. The largest absolute Gasteiger partial charge is 0.444 e. The van der Waals surface area contributed by atoms with Crippen LogP contribution in [-0.2, 0) is 11.2 Å². The molecule has 1 heterocycles. The molecule has 0 bridgehead atoms. The molecule has 0 aliphatic carbocycles. The van der Waals surface area contributed by atoms with Crippen molar-refractivity contribution in [1.29, 1.82) is 0 Å². The first-order valence-electron chi connectivity index (χ1n) is 8.15. The Bertz CT molecular complexity index is 826. The van der Waals surface area contributed by atoms with E-state index in [0.717, 1.165) is 11.3 Å². The van der Waals surface area contributed by atoms with Gasteiger partial charge < -0.3 is 14.8 Å². The molecule has 1 amide bonds. The first kappa shape index (κ1) is 16.9. The minimum Gasteiger partial charge on any atom is -0.444 e. The summed E-state index contributed by atoms with van der Waals surface area (Å²) in [5.41, 5.74) is 3.42. The number of carbonyl (C=O) groups excluding carboxylic acids is 1. The van der Waals surface area contributed by atoms with Gasteiger partial charge in [-0.1, -0.05) is 48.0 Å². The third-order valence-corrected chi connectivity index (χ3v) is 3.89. The number of aliphatic hydroxyl groups excluding tert-OH is 1. The number of amides is 1. The van der Waals surface area contributed by atoms with E-state index in [0.29, 0.717) is 24.4 Å². The molecule has 0 aliphatic heterocycles. The second-order valence-corrected chi connectivity index (χ2v) is 5.86. The second kappa shape index (κ2) is 7.77. The van der Waals surface area contributed by atoms with Crippen LogP contribution in [0.2, 0.25) is 0 Å². The molecule has 5 heteroatoms. The number of aryl methyl sites for hydroxylation is 1. The molecule has 0 fully saturated rings. The number of hydrogen-bond donors (Lipinski definition) is 2. The molecule has 3 rings (SSSR count). The molecular weight excluding hydrogens is 316 g/mol. The summed E-state index contributed by atoms with van der Waals surface area (Å²) >= 11 is 0. The van der Waals surface area contributed by atoms with Crippen LogP contribution in [0.1, 0.15) is 22.9 Å². The average Bonchev–Trinajstić information content (AvgIpc) is 3.11. The topological polar surface area (TPSA) is 75.4 Å². The van der Waals surface area contributed by atoms with Crippen molar-refractivity contribution in [2.24, 2.45) is 0 Å². The highest BCUT2D eigenvalue weighted by molar-refractivity contribution is 5.81. The van der Waals surface area contributed by atoms with E-state index in [-0.39, 0.29) is 0 Å². The lowest BCUT2D eigenvalue weighted by Gasteiger charge is -2.10. The van der Waals surface area contributed by atoms with Gasteiger partial charge in [-0.05, 0) is 24.6 Å². The molecule has 5 nitrogen and oxygen atoms in total. The molecule has 1 aromatic heterocycles. The zero-order valence-electron chi connectivity index (χ0n) is 14.0. The van der Waals surface area contributed by atoms with Crippen LogP contribution in [0.25, 0.3) is 11.5 Å². The maximum Gasteiger partial charge on any atom is 0.253 e. The summed E-state index contributed by atoms with van der Waals surface area (Å²) in [5.74, 6) is 0.138. The van der Waals surface area contributed by atoms with Crippen molar-refractivity contribution in [3.8, 4) is 11.5 Å². The summed E-state index contributed by atoms with van der Waals surface area (Å²) in [5, 5.41) is 12.7. The van der Waals surface area contributed by atoms with Gasteiger partial charge in [0.2, 0.25) is 5.89 Å². The predicted molar refractivity (Wildman–Crippen MR) is 94.8 cm³/mol. The van der Waals surface area contributed by atoms with Crippen LogP contribution in [0, 0.1) is 6.92 Å². The number of oxazole rings is 1. The first-order valence-corrected chi connectivity index (χ1v) is 8.15. The summed E-state index contributed by atoms with van der Waals surface area (Å²) in [4.78, 5) is 16.4. The molecule has 25 heavy (non-hydrogen) atoms. The smallest absolute Gasteiger partial charge is 0.253 e. The first-order chi connectivity index (χ1) is 12.1. The van der Waals surface area contributed by atoms with Crippen molar-refractivity contribution in [3.63, 3.8) is 0 Å². The maximum absolute atomic E-state index is 12.0. The Morgan fingerprint density at radius 3 is 2.60 bits per heavy atom. The molecule has 0 saturated carbocycles. The normalized spacial score (nSPS) is 11.9. The average molecular weight is 336 g/mol. The molecule has 0 aliphatic rings. The van der Waals surface area contributed by atoms with E-state index in [2.05, 4.69) is 10.3 Å². The monoisotopic (exact) mass is 336 g/mol. The van der Waals surface area contributed by atoms with Crippen molar-refractivity contribution >= 4 is 5.91 Å². The predicted octanol–water partition coefficient (Wildman–Crippen LogP) is 3.04. The van der Waals surface area contributed by atoms with Gasteiger partial charge in [0.15, 0.2) is 6.10 Å². The number of nitrogens with zero attached hydrogens (tertiary/aromatic N) is 1. The molecule has 0 spiro atoms. The number of aliphatic hydroxyl groups is 1. The highest BCUT2D eigenvalue weighted by Gasteiger charge is 2.16. The van der Waals surface area contributed by atoms with Gasteiger partial charge in [-0.2, -0.15) is 0 Å². The minimum absolute atomic E-state index is 0.378.